The predicted molar refractivity (Wildman–Crippen MR) is 109 cm³/mol. The Balaban J connectivity index is 2.68. The molecular formula is C20H26N2O5S. The van der Waals surface area contributed by atoms with Crippen LogP contribution in [-0.4, -0.2) is 43.9 Å². The molecule has 0 saturated heterocycles. The average Bonchev–Trinajstić information content (AvgIpc) is 2.68. The van der Waals surface area contributed by atoms with E-state index in [4.69, 9.17) is 4.74 Å². The summed E-state index contributed by atoms with van der Waals surface area (Å²) in [6.07, 6.45) is 1.78. The number of ether oxygens (including phenoxy) is 1. The van der Waals surface area contributed by atoms with E-state index in [1.807, 2.05) is 13.0 Å². The first kappa shape index (κ1) is 21.7. The Kier molecular flexibility index (Phi) is 7.42. The smallest absolute Gasteiger partial charge is 0.335 e. The van der Waals surface area contributed by atoms with Crippen LogP contribution < -0.4 is 10.1 Å². The lowest BCUT2D eigenvalue weighted by atomic mass is 10.1. The Hall–Kier alpha value is -2.58. The number of nitrogens with zero attached hydrogens (tertiary/aromatic N) is 1. The van der Waals surface area contributed by atoms with Crippen LogP contribution in [0, 0.1) is 0 Å². The third kappa shape index (κ3) is 5.02. The van der Waals surface area contributed by atoms with Gasteiger partial charge in [-0.05, 0) is 30.7 Å². The van der Waals surface area contributed by atoms with Crippen molar-refractivity contribution in [3.05, 3.63) is 48.0 Å². The fraction of sp³-hybridized carbons (Fsp3) is 0.350. The molecule has 0 heterocycles. The van der Waals surface area contributed by atoms with Gasteiger partial charge in [0.2, 0.25) is 10.0 Å². The third-order valence-electron chi connectivity index (χ3n) is 4.24. The van der Waals surface area contributed by atoms with E-state index in [9.17, 15) is 18.3 Å². The molecule has 0 fully saturated rings. The highest BCUT2D eigenvalue weighted by molar-refractivity contribution is 7.89. The number of aromatic carboxylic acids is 1. The maximum Gasteiger partial charge on any atom is 0.335 e. The number of benzene rings is 2. The topological polar surface area (TPSA) is 95.9 Å². The number of anilines is 1. The van der Waals surface area contributed by atoms with Crippen molar-refractivity contribution in [2.24, 2.45) is 0 Å². The van der Waals surface area contributed by atoms with Crippen molar-refractivity contribution in [3.63, 3.8) is 0 Å². The van der Waals surface area contributed by atoms with E-state index >= 15 is 0 Å². The van der Waals surface area contributed by atoms with E-state index in [0.29, 0.717) is 18.0 Å². The summed E-state index contributed by atoms with van der Waals surface area (Å²) in [5, 5.41) is 12.6. The van der Waals surface area contributed by atoms with Crippen LogP contribution in [0.2, 0.25) is 0 Å². The fourth-order valence-electron chi connectivity index (χ4n) is 2.50. The molecule has 0 aliphatic carbocycles. The van der Waals surface area contributed by atoms with Gasteiger partial charge in [0.25, 0.3) is 0 Å². The predicted octanol–water partition coefficient (Wildman–Crippen LogP) is 4.03. The maximum absolute atomic E-state index is 13.1. The Labute approximate surface area is 166 Å². The van der Waals surface area contributed by atoms with Crippen LogP contribution in [0.5, 0.6) is 11.5 Å². The van der Waals surface area contributed by atoms with Crippen molar-refractivity contribution >= 4 is 21.7 Å². The minimum absolute atomic E-state index is 0.0904. The zero-order valence-electron chi connectivity index (χ0n) is 16.3. The van der Waals surface area contributed by atoms with Crippen molar-refractivity contribution in [1.82, 2.24) is 4.31 Å². The molecule has 2 aromatic carbocycles. The second-order valence-corrected chi connectivity index (χ2v) is 8.28. The summed E-state index contributed by atoms with van der Waals surface area (Å²) in [6.45, 7) is 4.54. The number of carbonyl (C=O) groups is 1. The van der Waals surface area contributed by atoms with Crippen molar-refractivity contribution in [2.45, 2.75) is 31.6 Å². The van der Waals surface area contributed by atoms with Crippen molar-refractivity contribution in [1.29, 1.82) is 0 Å². The van der Waals surface area contributed by atoms with Gasteiger partial charge >= 0.3 is 5.97 Å². The first-order valence-corrected chi connectivity index (χ1v) is 10.6. The number of carboxylic acids is 1. The lowest BCUT2D eigenvalue weighted by Gasteiger charge is -2.21. The molecule has 0 saturated carbocycles. The zero-order valence-corrected chi connectivity index (χ0v) is 17.1. The van der Waals surface area contributed by atoms with Crippen LogP contribution in [0.3, 0.4) is 0 Å². The summed E-state index contributed by atoms with van der Waals surface area (Å²) in [4.78, 5) is 11.4. The van der Waals surface area contributed by atoms with Gasteiger partial charge < -0.3 is 15.2 Å². The number of hydrogen-bond acceptors (Lipinski definition) is 5. The van der Waals surface area contributed by atoms with Crippen LogP contribution in [0.4, 0.5) is 5.69 Å². The molecule has 0 aliphatic rings. The highest BCUT2D eigenvalue weighted by Gasteiger charge is 2.28. The average molecular weight is 407 g/mol. The number of sulfonamides is 1. The van der Waals surface area contributed by atoms with E-state index in [2.05, 4.69) is 5.32 Å². The quantitative estimate of drug-likeness (QED) is 0.579. The van der Waals surface area contributed by atoms with Gasteiger partial charge in [-0.2, -0.15) is 0 Å². The van der Waals surface area contributed by atoms with Crippen LogP contribution in [0.25, 0.3) is 0 Å². The lowest BCUT2D eigenvalue weighted by molar-refractivity contribution is 0.0696. The largest absolute Gasteiger partial charge is 0.478 e. The molecule has 0 radical (unpaired) electrons. The van der Waals surface area contributed by atoms with Crippen molar-refractivity contribution in [3.8, 4) is 11.5 Å². The second-order valence-electron chi connectivity index (χ2n) is 6.27. The van der Waals surface area contributed by atoms with Crippen LogP contribution in [0.1, 0.15) is 37.0 Å². The lowest BCUT2D eigenvalue weighted by Crippen LogP contribution is -2.27. The number of nitrogens with one attached hydrogen (secondary N) is 1. The Morgan fingerprint density at radius 1 is 1.18 bits per heavy atom. The van der Waals surface area contributed by atoms with Gasteiger partial charge in [0, 0.05) is 20.1 Å². The van der Waals surface area contributed by atoms with E-state index in [0.717, 1.165) is 23.2 Å². The minimum Gasteiger partial charge on any atom is -0.478 e. The fourth-order valence-corrected chi connectivity index (χ4v) is 3.84. The summed E-state index contributed by atoms with van der Waals surface area (Å²) in [7, 11) is -2.50. The molecule has 0 amide bonds. The molecule has 2 N–H and O–H groups in total. The summed E-state index contributed by atoms with van der Waals surface area (Å²) in [5.41, 5.74) is 0.211. The Bertz CT molecular complexity index is 914. The number of hydrogen-bond donors (Lipinski definition) is 2. The van der Waals surface area contributed by atoms with E-state index in [-0.39, 0.29) is 22.8 Å². The van der Waals surface area contributed by atoms with Crippen LogP contribution in [0.15, 0.2) is 47.4 Å². The molecule has 0 bridgehead atoms. The zero-order chi connectivity index (χ0) is 20.7. The van der Waals surface area contributed by atoms with E-state index in [1.54, 1.807) is 31.2 Å². The summed E-state index contributed by atoms with van der Waals surface area (Å²) in [5.74, 6) is -0.660. The molecule has 28 heavy (non-hydrogen) atoms. The summed E-state index contributed by atoms with van der Waals surface area (Å²) < 4.78 is 33.2. The first-order chi connectivity index (χ1) is 13.3. The molecular weight excluding hydrogens is 380 g/mol. The van der Waals surface area contributed by atoms with Gasteiger partial charge in [-0.3, -0.25) is 0 Å². The van der Waals surface area contributed by atoms with Gasteiger partial charge in [-0.25, -0.2) is 17.5 Å². The van der Waals surface area contributed by atoms with Crippen molar-refractivity contribution < 1.29 is 23.1 Å². The molecule has 0 aromatic heterocycles. The monoisotopic (exact) mass is 406 g/mol. The molecule has 152 valence electrons. The first-order valence-electron chi connectivity index (χ1n) is 9.15. The molecule has 8 heteroatoms. The van der Waals surface area contributed by atoms with Gasteiger partial charge in [-0.1, -0.05) is 38.5 Å². The van der Waals surface area contributed by atoms with Gasteiger partial charge in [0.1, 0.15) is 10.6 Å². The van der Waals surface area contributed by atoms with Gasteiger partial charge in [0.15, 0.2) is 5.75 Å². The maximum atomic E-state index is 13.1. The highest BCUT2D eigenvalue weighted by Crippen LogP contribution is 2.38. The molecule has 0 atom stereocenters. The highest BCUT2D eigenvalue weighted by atomic mass is 32.2. The summed E-state index contributed by atoms with van der Waals surface area (Å²) >= 11 is 0. The standard InChI is InChI=1S/C20H26N2O5S/c1-4-6-12-21-17-13-15(20(23)24)14-18(28(25,26)22(3)5-2)19(17)27-16-10-8-7-9-11-16/h7-11,13-14,21H,4-6,12H2,1-3H3,(H,23,24). The molecule has 0 unspecified atom stereocenters. The van der Waals surface area contributed by atoms with E-state index < -0.39 is 16.0 Å². The minimum atomic E-state index is -3.94. The Morgan fingerprint density at radius 2 is 1.86 bits per heavy atom. The number of rotatable bonds is 10. The van der Waals surface area contributed by atoms with Gasteiger partial charge in [-0.15, -0.1) is 0 Å². The number of carboxylic acid groups (broad SMARTS) is 1. The van der Waals surface area contributed by atoms with E-state index in [1.165, 1.54) is 13.1 Å². The second kappa shape index (κ2) is 9.57. The summed E-state index contributed by atoms with van der Waals surface area (Å²) in [6, 6.07) is 11.3. The molecule has 0 aliphatic heterocycles. The SMILES string of the molecule is CCCCNc1cc(C(=O)O)cc(S(=O)(=O)N(C)CC)c1Oc1ccccc1. The van der Waals surface area contributed by atoms with Gasteiger partial charge in [0.05, 0.1) is 11.3 Å². The Morgan fingerprint density at radius 3 is 2.43 bits per heavy atom. The molecule has 0 spiro atoms. The van der Waals surface area contributed by atoms with Crippen molar-refractivity contribution in [2.75, 3.05) is 25.5 Å². The normalized spacial score (nSPS) is 11.4. The van der Waals surface area contributed by atoms with Crippen LogP contribution >= 0.6 is 0 Å². The number of unbranched alkanes of at least 4 members (excludes halogenated alkanes) is 1. The number of para-hydroxylation sites is 1. The van der Waals surface area contributed by atoms with Crippen LogP contribution in [-0.2, 0) is 10.0 Å². The molecule has 2 aromatic rings. The third-order valence-corrected chi connectivity index (χ3v) is 6.18. The molecule has 2 rings (SSSR count). The molecule has 7 nitrogen and oxygen atoms in total.